The third-order valence-corrected chi connectivity index (χ3v) is 3.42. The van der Waals surface area contributed by atoms with Gasteiger partial charge in [0, 0.05) is 18.2 Å². The molecule has 1 aromatic heterocycles. The van der Waals surface area contributed by atoms with Gasteiger partial charge in [0.25, 0.3) is 0 Å². The van der Waals surface area contributed by atoms with Crippen LogP contribution in [0.5, 0.6) is 5.88 Å². The van der Waals surface area contributed by atoms with Crippen molar-refractivity contribution in [1.82, 2.24) is 10.3 Å². The molecule has 1 aromatic rings. The second-order valence-electron chi connectivity index (χ2n) is 5.53. The van der Waals surface area contributed by atoms with Crippen LogP contribution in [0, 0.1) is 5.82 Å². The number of pyridine rings is 1. The second kappa shape index (κ2) is 6.85. The quantitative estimate of drug-likeness (QED) is 0.886. The van der Waals surface area contributed by atoms with Crippen LogP contribution in [0.15, 0.2) is 12.3 Å². The van der Waals surface area contributed by atoms with Crippen LogP contribution in [0.25, 0.3) is 0 Å². The van der Waals surface area contributed by atoms with E-state index in [1.807, 2.05) is 0 Å². The van der Waals surface area contributed by atoms with Crippen molar-refractivity contribution in [3.05, 3.63) is 23.6 Å². The Kier molecular flexibility index (Phi) is 5.14. The number of aromatic nitrogens is 1. The molecule has 1 aliphatic rings. The molecule has 0 radical (unpaired) electrons. The van der Waals surface area contributed by atoms with Gasteiger partial charge < -0.3 is 10.1 Å². The summed E-state index contributed by atoms with van der Waals surface area (Å²) in [6, 6.07) is 1.87. The Labute approximate surface area is 114 Å². The summed E-state index contributed by atoms with van der Waals surface area (Å²) >= 11 is 0. The molecule has 0 spiro atoms. The number of nitrogens with one attached hydrogen (secondary N) is 1. The summed E-state index contributed by atoms with van der Waals surface area (Å²) in [5.74, 6) is 0.276. The van der Waals surface area contributed by atoms with Gasteiger partial charge in [-0.3, -0.25) is 0 Å². The van der Waals surface area contributed by atoms with Gasteiger partial charge in [0.2, 0.25) is 5.88 Å². The molecule has 0 saturated heterocycles. The highest BCUT2D eigenvalue weighted by molar-refractivity contribution is 5.26. The fraction of sp³-hybridized carbons (Fsp3) is 0.667. The summed E-state index contributed by atoms with van der Waals surface area (Å²) in [4.78, 5) is 4.11. The monoisotopic (exact) mass is 266 g/mol. The predicted octanol–water partition coefficient (Wildman–Crippen LogP) is 3.43. The Hall–Kier alpha value is -1.16. The summed E-state index contributed by atoms with van der Waals surface area (Å²) in [7, 11) is 0. The van der Waals surface area contributed by atoms with E-state index >= 15 is 0 Å². The summed E-state index contributed by atoms with van der Waals surface area (Å²) in [6.45, 7) is 4.72. The summed E-state index contributed by atoms with van der Waals surface area (Å²) in [5.41, 5.74) is 0.805. The zero-order chi connectivity index (χ0) is 13.7. The largest absolute Gasteiger partial charge is 0.474 e. The van der Waals surface area contributed by atoms with E-state index in [1.54, 1.807) is 0 Å². The average molecular weight is 266 g/mol. The summed E-state index contributed by atoms with van der Waals surface area (Å²) in [6.07, 6.45) is 7.35. The molecule has 1 saturated carbocycles. The third-order valence-electron chi connectivity index (χ3n) is 3.42. The van der Waals surface area contributed by atoms with E-state index in [2.05, 4.69) is 24.1 Å². The minimum absolute atomic E-state index is 0.240. The summed E-state index contributed by atoms with van der Waals surface area (Å²) < 4.78 is 19.3. The number of hydrogen-bond donors (Lipinski definition) is 1. The maximum absolute atomic E-state index is 13.3. The zero-order valence-electron chi connectivity index (χ0n) is 11.8. The molecule has 0 aromatic carbocycles. The van der Waals surface area contributed by atoms with Crippen molar-refractivity contribution in [3.63, 3.8) is 0 Å². The van der Waals surface area contributed by atoms with Crippen LogP contribution in [0.1, 0.15) is 51.5 Å². The van der Waals surface area contributed by atoms with Gasteiger partial charge in [-0.05, 0) is 31.7 Å². The molecular formula is C15H23FN2O. The van der Waals surface area contributed by atoms with Crippen LogP contribution in [-0.2, 0) is 6.54 Å². The molecule has 4 heteroatoms. The minimum atomic E-state index is -0.309. The van der Waals surface area contributed by atoms with Gasteiger partial charge >= 0.3 is 0 Å². The van der Waals surface area contributed by atoms with Crippen molar-refractivity contribution in [1.29, 1.82) is 0 Å². The van der Waals surface area contributed by atoms with Gasteiger partial charge in [0.05, 0.1) is 6.20 Å². The number of ether oxygens (including phenoxy) is 1. The fourth-order valence-electron chi connectivity index (χ4n) is 2.36. The molecule has 106 valence electrons. The summed E-state index contributed by atoms with van der Waals surface area (Å²) in [5, 5.41) is 3.28. The van der Waals surface area contributed by atoms with Gasteiger partial charge in [-0.1, -0.05) is 20.3 Å². The Bertz CT molecular complexity index is 403. The lowest BCUT2D eigenvalue weighted by Gasteiger charge is -2.23. The molecule has 0 amide bonds. The van der Waals surface area contributed by atoms with Gasteiger partial charge in [-0.25, -0.2) is 9.37 Å². The van der Waals surface area contributed by atoms with Crippen LogP contribution in [0.3, 0.4) is 0 Å². The molecule has 0 unspecified atom stereocenters. The first-order valence-corrected chi connectivity index (χ1v) is 7.19. The van der Waals surface area contributed by atoms with Crippen LogP contribution in [-0.4, -0.2) is 17.1 Å². The molecule has 1 N–H and O–H groups in total. The van der Waals surface area contributed by atoms with Gasteiger partial charge in [-0.15, -0.1) is 0 Å². The first-order valence-electron chi connectivity index (χ1n) is 7.19. The lowest BCUT2D eigenvalue weighted by atomic mass is 9.98. The van der Waals surface area contributed by atoms with Crippen LogP contribution >= 0.6 is 0 Å². The van der Waals surface area contributed by atoms with E-state index in [0.717, 1.165) is 18.4 Å². The predicted molar refractivity (Wildman–Crippen MR) is 73.7 cm³/mol. The standard InChI is InChI=1S/C15H23FN2O/c1-11(2)17-9-12-8-13(16)10-18-15(12)19-14-6-4-3-5-7-14/h8,10-11,14,17H,3-7,9H2,1-2H3. The third kappa shape index (κ3) is 4.46. The molecule has 3 nitrogen and oxygen atoms in total. The van der Waals surface area contributed by atoms with E-state index in [-0.39, 0.29) is 11.9 Å². The fourth-order valence-corrected chi connectivity index (χ4v) is 2.36. The molecule has 0 aliphatic heterocycles. The normalized spacial score (nSPS) is 16.8. The molecule has 2 rings (SSSR count). The highest BCUT2D eigenvalue weighted by atomic mass is 19.1. The molecule has 0 bridgehead atoms. The number of hydrogen-bond acceptors (Lipinski definition) is 3. The van der Waals surface area contributed by atoms with Crippen LogP contribution < -0.4 is 10.1 Å². The Morgan fingerprint density at radius 3 is 2.79 bits per heavy atom. The van der Waals surface area contributed by atoms with Crippen LogP contribution in [0.2, 0.25) is 0 Å². The van der Waals surface area contributed by atoms with Crippen molar-refractivity contribution in [2.45, 2.75) is 64.6 Å². The minimum Gasteiger partial charge on any atom is -0.474 e. The second-order valence-corrected chi connectivity index (χ2v) is 5.53. The SMILES string of the molecule is CC(C)NCc1cc(F)cnc1OC1CCCCC1. The van der Waals surface area contributed by atoms with Crippen molar-refractivity contribution >= 4 is 0 Å². The number of nitrogens with zero attached hydrogens (tertiary/aromatic N) is 1. The van der Waals surface area contributed by atoms with Gasteiger partial charge in [-0.2, -0.15) is 0 Å². The first kappa shape index (κ1) is 14.3. The lowest BCUT2D eigenvalue weighted by molar-refractivity contribution is 0.146. The van der Waals surface area contributed by atoms with E-state index in [1.165, 1.54) is 31.5 Å². The molecular weight excluding hydrogens is 243 g/mol. The van der Waals surface area contributed by atoms with Crippen molar-refractivity contribution in [3.8, 4) is 5.88 Å². The van der Waals surface area contributed by atoms with Crippen molar-refractivity contribution < 1.29 is 9.13 Å². The van der Waals surface area contributed by atoms with E-state index in [0.29, 0.717) is 18.5 Å². The molecule has 1 fully saturated rings. The molecule has 0 atom stereocenters. The van der Waals surface area contributed by atoms with E-state index in [4.69, 9.17) is 4.74 Å². The number of halogens is 1. The van der Waals surface area contributed by atoms with E-state index < -0.39 is 0 Å². The highest BCUT2D eigenvalue weighted by Crippen LogP contribution is 2.24. The topological polar surface area (TPSA) is 34.2 Å². The van der Waals surface area contributed by atoms with Gasteiger partial charge in [0.1, 0.15) is 11.9 Å². The molecule has 1 heterocycles. The first-order chi connectivity index (χ1) is 9.15. The van der Waals surface area contributed by atoms with Crippen molar-refractivity contribution in [2.24, 2.45) is 0 Å². The smallest absolute Gasteiger partial charge is 0.218 e. The Morgan fingerprint density at radius 2 is 2.11 bits per heavy atom. The van der Waals surface area contributed by atoms with Crippen molar-refractivity contribution in [2.75, 3.05) is 0 Å². The Morgan fingerprint density at radius 1 is 1.37 bits per heavy atom. The molecule has 19 heavy (non-hydrogen) atoms. The lowest BCUT2D eigenvalue weighted by Crippen LogP contribution is -2.24. The highest BCUT2D eigenvalue weighted by Gasteiger charge is 2.17. The zero-order valence-corrected chi connectivity index (χ0v) is 11.8. The maximum atomic E-state index is 13.3. The average Bonchev–Trinajstić information content (AvgIpc) is 2.40. The Balaban J connectivity index is 2.04. The maximum Gasteiger partial charge on any atom is 0.218 e. The van der Waals surface area contributed by atoms with Crippen LogP contribution in [0.4, 0.5) is 4.39 Å². The van der Waals surface area contributed by atoms with Gasteiger partial charge in [0.15, 0.2) is 0 Å². The number of rotatable bonds is 5. The van der Waals surface area contributed by atoms with E-state index in [9.17, 15) is 4.39 Å². The molecule has 1 aliphatic carbocycles.